The summed E-state index contributed by atoms with van der Waals surface area (Å²) in [6.45, 7) is 4.44. The molecular formula is C13H24N2O2S. The number of sulfone groups is 1. The van der Waals surface area contributed by atoms with E-state index in [2.05, 4.69) is 17.1 Å². The van der Waals surface area contributed by atoms with Crippen molar-refractivity contribution >= 4 is 9.84 Å². The van der Waals surface area contributed by atoms with Crippen molar-refractivity contribution in [2.24, 2.45) is 5.92 Å². The standard InChI is InChI=1S/C13H24N2O2S/c1-10-8-14-13(11-2-3-11)9-15(10)12-4-6-18(16,17)7-5-12/h10-14H,2-9H2,1H3. The normalized spacial score (nSPS) is 38.7. The van der Waals surface area contributed by atoms with Gasteiger partial charge in [0.15, 0.2) is 0 Å². The molecule has 0 amide bonds. The van der Waals surface area contributed by atoms with Crippen molar-refractivity contribution in [3.63, 3.8) is 0 Å². The summed E-state index contributed by atoms with van der Waals surface area (Å²) in [5, 5.41) is 3.66. The Labute approximate surface area is 110 Å². The molecule has 1 saturated carbocycles. The Morgan fingerprint density at radius 3 is 2.39 bits per heavy atom. The quantitative estimate of drug-likeness (QED) is 0.801. The van der Waals surface area contributed by atoms with Gasteiger partial charge in [0.1, 0.15) is 9.84 Å². The summed E-state index contributed by atoms with van der Waals surface area (Å²) in [5.74, 6) is 1.66. The zero-order valence-corrected chi connectivity index (χ0v) is 12.0. The molecule has 104 valence electrons. The van der Waals surface area contributed by atoms with E-state index in [1.807, 2.05) is 0 Å². The molecule has 1 N–H and O–H groups in total. The zero-order chi connectivity index (χ0) is 12.8. The summed E-state index contributed by atoms with van der Waals surface area (Å²) in [7, 11) is -2.73. The van der Waals surface area contributed by atoms with Gasteiger partial charge in [-0.2, -0.15) is 0 Å². The number of nitrogens with zero attached hydrogens (tertiary/aromatic N) is 1. The van der Waals surface area contributed by atoms with Crippen LogP contribution in [-0.4, -0.2) is 56.0 Å². The number of nitrogens with one attached hydrogen (secondary N) is 1. The fraction of sp³-hybridized carbons (Fsp3) is 1.00. The topological polar surface area (TPSA) is 49.4 Å². The van der Waals surface area contributed by atoms with Crippen molar-refractivity contribution in [3.8, 4) is 0 Å². The van der Waals surface area contributed by atoms with E-state index in [1.54, 1.807) is 0 Å². The maximum Gasteiger partial charge on any atom is 0.150 e. The molecule has 2 aliphatic heterocycles. The minimum Gasteiger partial charge on any atom is -0.311 e. The summed E-state index contributed by atoms with van der Waals surface area (Å²) < 4.78 is 23.0. The second kappa shape index (κ2) is 4.76. The maximum atomic E-state index is 11.5. The van der Waals surface area contributed by atoms with Crippen LogP contribution in [0.15, 0.2) is 0 Å². The lowest BCUT2D eigenvalue weighted by Crippen LogP contribution is -2.60. The van der Waals surface area contributed by atoms with Gasteiger partial charge in [-0.3, -0.25) is 4.90 Å². The predicted molar refractivity (Wildman–Crippen MR) is 72.4 cm³/mol. The summed E-state index contributed by atoms with van der Waals surface area (Å²) in [6.07, 6.45) is 4.42. The Hall–Kier alpha value is -0.130. The van der Waals surface area contributed by atoms with Crippen LogP contribution in [0, 0.1) is 5.92 Å². The van der Waals surface area contributed by atoms with Gasteiger partial charge in [-0.1, -0.05) is 0 Å². The van der Waals surface area contributed by atoms with Crippen molar-refractivity contribution < 1.29 is 8.42 Å². The molecule has 4 nitrogen and oxygen atoms in total. The van der Waals surface area contributed by atoms with Crippen molar-refractivity contribution in [2.75, 3.05) is 24.6 Å². The van der Waals surface area contributed by atoms with Gasteiger partial charge < -0.3 is 5.32 Å². The number of hydrogen-bond acceptors (Lipinski definition) is 4. The minimum atomic E-state index is -2.73. The largest absolute Gasteiger partial charge is 0.311 e. The Bertz CT molecular complexity index is 391. The molecule has 0 aromatic rings. The van der Waals surface area contributed by atoms with E-state index >= 15 is 0 Å². The predicted octanol–water partition coefficient (Wildman–Crippen LogP) is 0.636. The van der Waals surface area contributed by atoms with Gasteiger partial charge in [0.05, 0.1) is 11.5 Å². The fourth-order valence-electron chi connectivity index (χ4n) is 3.44. The highest BCUT2D eigenvalue weighted by Gasteiger charge is 2.39. The molecule has 2 saturated heterocycles. The molecule has 2 atom stereocenters. The van der Waals surface area contributed by atoms with E-state index < -0.39 is 9.84 Å². The van der Waals surface area contributed by atoms with Crippen LogP contribution in [-0.2, 0) is 9.84 Å². The molecule has 3 fully saturated rings. The highest BCUT2D eigenvalue weighted by atomic mass is 32.2. The lowest BCUT2D eigenvalue weighted by molar-refractivity contribution is 0.0792. The SMILES string of the molecule is CC1CNC(C2CC2)CN1C1CCS(=O)(=O)CC1. The molecule has 0 spiro atoms. The monoisotopic (exact) mass is 272 g/mol. The van der Waals surface area contributed by atoms with E-state index in [9.17, 15) is 8.42 Å². The fourth-order valence-corrected chi connectivity index (χ4v) is 4.91. The summed E-state index contributed by atoms with van der Waals surface area (Å²) in [4.78, 5) is 2.58. The Kier molecular flexibility index (Phi) is 3.41. The van der Waals surface area contributed by atoms with Gasteiger partial charge in [0.2, 0.25) is 0 Å². The highest BCUT2D eigenvalue weighted by Crippen LogP contribution is 2.35. The smallest absolute Gasteiger partial charge is 0.150 e. The molecule has 0 aromatic heterocycles. The first-order valence-electron chi connectivity index (χ1n) is 7.25. The van der Waals surface area contributed by atoms with E-state index in [-0.39, 0.29) is 0 Å². The van der Waals surface area contributed by atoms with Crippen LogP contribution >= 0.6 is 0 Å². The minimum absolute atomic E-state index is 0.391. The van der Waals surface area contributed by atoms with Crippen LogP contribution in [0.2, 0.25) is 0 Å². The second-order valence-corrected chi connectivity index (χ2v) is 8.58. The average molecular weight is 272 g/mol. The van der Waals surface area contributed by atoms with Gasteiger partial charge in [-0.05, 0) is 38.5 Å². The van der Waals surface area contributed by atoms with Crippen LogP contribution < -0.4 is 5.32 Å². The first-order valence-corrected chi connectivity index (χ1v) is 9.07. The molecule has 2 unspecified atom stereocenters. The molecule has 18 heavy (non-hydrogen) atoms. The average Bonchev–Trinajstić information content (AvgIpc) is 3.14. The highest BCUT2D eigenvalue weighted by molar-refractivity contribution is 7.91. The van der Waals surface area contributed by atoms with E-state index in [4.69, 9.17) is 0 Å². The number of rotatable bonds is 2. The van der Waals surface area contributed by atoms with Crippen molar-refractivity contribution in [2.45, 2.75) is 50.7 Å². The third kappa shape index (κ3) is 2.73. The molecule has 0 bridgehead atoms. The number of piperazine rings is 1. The molecule has 5 heteroatoms. The van der Waals surface area contributed by atoms with Gasteiger partial charge in [-0.25, -0.2) is 8.42 Å². The molecule has 0 aromatic carbocycles. The van der Waals surface area contributed by atoms with E-state index in [1.165, 1.54) is 12.8 Å². The van der Waals surface area contributed by atoms with Crippen LogP contribution in [0.25, 0.3) is 0 Å². The van der Waals surface area contributed by atoms with E-state index in [0.29, 0.717) is 29.6 Å². The first-order chi connectivity index (χ1) is 8.55. The molecule has 3 aliphatic rings. The molecule has 1 aliphatic carbocycles. The maximum absolute atomic E-state index is 11.5. The summed E-state index contributed by atoms with van der Waals surface area (Å²) in [5.41, 5.74) is 0. The third-order valence-corrected chi connectivity index (χ3v) is 6.55. The van der Waals surface area contributed by atoms with Crippen molar-refractivity contribution in [1.29, 1.82) is 0 Å². The van der Waals surface area contributed by atoms with Crippen molar-refractivity contribution in [1.82, 2.24) is 10.2 Å². The second-order valence-electron chi connectivity index (χ2n) is 6.28. The van der Waals surface area contributed by atoms with Gasteiger partial charge in [0.25, 0.3) is 0 Å². The summed E-state index contributed by atoms with van der Waals surface area (Å²) >= 11 is 0. The lowest BCUT2D eigenvalue weighted by atomic mass is 10.0. The van der Waals surface area contributed by atoms with Gasteiger partial charge in [0, 0.05) is 31.2 Å². The summed E-state index contributed by atoms with van der Waals surface area (Å²) in [6, 6.07) is 1.69. The Morgan fingerprint density at radius 2 is 1.78 bits per heavy atom. The van der Waals surface area contributed by atoms with Gasteiger partial charge >= 0.3 is 0 Å². The van der Waals surface area contributed by atoms with Crippen LogP contribution in [0.4, 0.5) is 0 Å². The van der Waals surface area contributed by atoms with Crippen LogP contribution in [0.5, 0.6) is 0 Å². The van der Waals surface area contributed by atoms with Crippen LogP contribution in [0.1, 0.15) is 32.6 Å². The molecular weight excluding hydrogens is 248 g/mol. The zero-order valence-electron chi connectivity index (χ0n) is 11.1. The van der Waals surface area contributed by atoms with Crippen molar-refractivity contribution in [3.05, 3.63) is 0 Å². The number of hydrogen-bond donors (Lipinski definition) is 1. The molecule has 3 rings (SSSR count). The Morgan fingerprint density at radius 1 is 1.11 bits per heavy atom. The molecule has 0 radical (unpaired) electrons. The third-order valence-electron chi connectivity index (χ3n) is 4.83. The van der Waals surface area contributed by atoms with Crippen LogP contribution in [0.3, 0.4) is 0 Å². The van der Waals surface area contributed by atoms with Gasteiger partial charge in [-0.15, -0.1) is 0 Å². The first kappa shape index (κ1) is 12.9. The lowest BCUT2D eigenvalue weighted by Gasteiger charge is -2.44. The Balaban J connectivity index is 1.62. The molecule has 2 heterocycles. The van der Waals surface area contributed by atoms with E-state index in [0.717, 1.165) is 31.8 Å².